The first-order chi connectivity index (χ1) is 8.22. The molecule has 0 saturated heterocycles. The van der Waals surface area contributed by atoms with Gasteiger partial charge in [-0.25, -0.2) is 4.98 Å². The van der Waals surface area contributed by atoms with Crippen LogP contribution in [0.2, 0.25) is 0 Å². The Balaban J connectivity index is 2.18. The molecule has 2 aromatic rings. The first-order valence-corrected chi connectivity index (χ1v) is 7.22. The third-order valence-corrected chi connectivity index (χ3v) is 4.58. The summed E-state index contributed by atoms with van der Waals surface area (Å²) in [6.07, 6.45) is 2.64. The fourth-order valence-electron chi connectivity index (χ4n) is 1.55. The van der Waals surface area contributed by atoms with Crippen molar-refractivity contribution in [3.63, 3.8) is 0 Å². The average molecular weight is 315 g/mol. The predicted octanol–water partition coefficient (Wildman–Crippen LogP) is 3.97. The van der Waals surface area contributed by atoms with Gasteiger partial charge in [0.05, 0.1) is 8.66 Å². The van der Waals surface area contributed by atoms with Crippen LogP contribution in [0.25, 0.3) is 10.6 Å². The Kier molecular flexibility index (Phi) is 4.36. The van der Waals surface area contributed by atoms with E-state index < -0.39 is 0 Å². The number of aromatic nitrogens is 1. The summed E-state index contributed by atoms with van der Waals surface area (Å²) in [5.74, 6) is 0.882. The van der Waals surface area contributed by atoms with Crippen molar-refractivity contribution in [1.82, 2.24) is 10.3 Å². The zero-order valence-electron chi connectivity index (χ0n) is 9.92. The number of halogens is 1. The maximum Gasteiger partial charge on any atom is 0.181 e. The molecule has 0 unspecified atom stereocenters. The number of thiophene rings is 1. The van der Waals surface area contributed by atoms with E-state index in [1.54, 1.807) is 11.3 Å². The molecule has 0 aliphatic heterocycles. The molecule has 17 heavy (non-hydrogen) atoms. The molecule has 0 aliphatic carbocycles. The fourth-order valence-corrected chi connectivity index (χ4v) is 3.10. The highest BCUT2D eigenvalue weighted by Crippen LogP contribution is 2.36. The first-order valence-electron chi connectivity index (χ1n) is 5.61. The lowest BCUT2D eigenvalue weighted by Crippen LogP contribution is -2.14. The molecule has 3 nitrogen and oxygen atoms in total. The van der Waals surface area contributed by atoms with Gasteiger partial charge in [0.1, 0.15) is 5.69 Å². The van der Waals surface area contributed by atoms with Gasteiger partial charge >= 0.3 is 0 Å². The highest BCUT2D eigenvalue weighted by molar-refractivity contribution is 9.11. The van der Waals surface area contributed by atoms with Gasteiger partial charge in [-0.05, 0) is 47.4 Å². The molecule has 0 amide bonds. The predicted molar refractivity (Wildman–Crippen MR) is 74.3 cm³/mol. The summed E-state index contributed by atoms with van der Waals surface area (Å²) < 4.78 is 6.64. The molecule has 2 rings (SSSR count). The fraction of sp³-hybridized carbons (Fsp3) is 0.417. The number of hydrogen-bond donors (Lipinski definition) is 1. The van der Waals surface area contributed by atoms with Gasteiger partial charge in [0.25, 0.3) is 0 Å². The van der Waals surface area contributed by atoms with Gasteiger partial charge in [-0.1, -0.05) is 6.92 Å². The lowest BCUT2D eigenvalue weighted by molar-refractivity contribution is 0.570. The van der Waals surface area contributed by atoms with Crippen molar-refractivity contribution in [1.29, 1.82) is 0 Å². The van der Waals surface area contributed by atoms with E-state index in [0.29, 0.717) is 0 Å². The van der Waals surface area contributed by atoms with Crippen molar-refractivity contribution >= 4 is 27.3 Å². The lowest BCUT2D eigenvalue weighted by Gasteiger charge is -2.00. The molecule has 0 aliphatic rings. The maximum absolute atomic E-state index is 5.49. The van der Waals surface area contributed by atoms with Gasteiger partial charge in [-0.3, -0.25) is 0 Å². The molecular weight excluding hydrogens is 300 g/mol. The van der Waals surface area contributed by atoms with Gasteiger partial charge in [-0.2, -0.15) is 0 Å². The van der Waals surface area contributed by atoms with Crippen LogP contribution in [0.15, 0.2) is 20.7 Å². The topological polar surface area (TPSA) is 38.1 Å². The molecule has 0 bridgehead atoms. The minimum atomic E-state index is 0.758. The van der Waals surface area contributed by atoms with Crippen molar-refractivity contribution in [3.05, 3.63) is 27.5 Å². The van der Waals surface area contributed by atoms with Crippen LogP contribution in [0.3, 0.4) is 0 Å². The average Bonchev–Trinajstić information content (AvgIpc) is 2.87. The molecule has 92 valence electrons. The Morgan fingerprint density at radius 2 is 2.35 bits per heavy atom. The summed E-state index contributed by atoms with van der Waals surface area (Å²) in [5, 5.41) is 3.34. The lowest BCUT2D eigenvalue weighted by atomic mass is 10.2. The molecule has 2 heterocycles. The van der Waals surface area contributed by atoms with Crippen molar-refractivity contribution < 1.29 is 4.42 Å². The summed E-state index contributed by atoms with van der Waals surface area (Å²) in [4.78, 5) is 5.39. The van der Waals surface area contributed by atoms with Crippen LogP contribution < -0.4 is 5.32 Å². The molecule has 0 radical (unpaired) electrons. The summed E-state index contributed by atoms with van der Waals surface area (Å²) in [7, 11) is 0. The zero-order valence-corrected chi connectivity index (χ0v) is 12.3. The van der Waals surface area contributed by atoms with E-state index >= 15 is 0 Å². The summed E-state index contributed by atoms with van der Waals surface area (Å²) in [5.41, 5.74) is 2.21. The van der Waals surface area contributed by atoms with Crippen LogP contribution in [0, 0.1) is 6.92 Å². The molecular formula is C12H15BrN2OS. The maximum atomic E-state index is 5.49. The number of rotatable bonds is 5. The van der Waals surface area contributed by atoms with Crippen molar-refractivity contribution in [2.24, 2.45) is 0 Å². The SMILES string of the molecule is CCCNCc1ncoc1-c1cc(C)c(Br)s1. The summed E-state index contributed by atoms with van der Waals surface area (Å²) in [6.45, 7) is 5.99. The van der Waals surface area contributed by atoms with Crippen LogP contribution in [-0.4, -0.2) is 11.5 Å². The monoisotopic (exact) mass is 314 g/mol. The first kappa shape index (κ1) is 12.8. The second-order valence-electron chi connectivity index (χ2n) is 3.87. The number of nitrogens with zero attached hydrogens (tertiary/aromatic N) is 1. The quantitative estimate of drug-likeness (QED) is 0.848. The van der Waals surface area contributed by atoms with Gasteiger partial charge in [-0.15, -0.1) is 11.3 Å². The molecule has 5 heteroatoms. The highest BCUT2D eigenvalue weighted by atomic mass is 79.9. The van der Waals surface area contributed by atoms with E-state index in [2.05, 4.69) is 46.1 Å². The summed E-state index contributed by atoms with van der Waals surface area (Å²) >= 11 is 5.21. The zero-order chi connectivity index (χ0) is 12.3. The molecule has 1 N–H and O–H groups in total. The summed E-state index contributed by atoms with van der Waals surface area (Å²) in [6, 6.07) is 2.12. The van der Waals surface area contributed by atoms with E-state index in [-0.39, 0.29) is 0 Å². The Labute approximate surface area is 113 Å². The standard InChI is InChI=1S/C12H15BrN2OS/c1-3-4-14-6-9-11(16-7-15-9)10-5-8(2)12(13)17-10/h5,7,14H,3-4,6H2,1-2H3. The van der Waals surface area contributed by atoms with Gasteiger partial charge in [0, 0.05) is 6.54 Å². The molecule has 0 saturated carbocycles. The van der Waals surface area contributed by atoms with Crippen LogP contribution in [0.5, 0.6) is 0 Å². The van der Waals surface area contributed by atoms with Gasteiger partial charge in [0.15, 0.2) is 12.2 Å². The largest absolute Gasteiger partial charge is 0.442 e. The number of hydrogen-bond acceptors (Lipinski definition) is 4. The second kappa shape index (κ2) is 5.80. The molecule has 0 fully saturated rings. The Morgan fingerprint density at radius 3 is 3.00 bits per heavy atom. The number of oxazole rings is 1. The normalized spacial score (nSPS) is 11.0. The molecule has 2 aromatic heterocycles. The third kappa shape index (κ3) is 2.97. The smallest absolute Gasteiger partial charge is 0.181 e. The van der Waals surface area contributed by atoms with Crippen LogP contribution in [0.4, 0.5) is 0 Å². The van der Waals surface area contributed by atoms with Gasteiger partial charge < -0.3 is 9.73 Å². The van der Waals surface area contributed by atoms with Crippen molar-refractivity contribution in [2.75, 3.05) is 6.54 Å². The minimum absolute atomic E-state index is 0.758. The van der Waals surface area contributed by atoms with Crippen molar-refractivity contribution in [2.45, 2.75) is 26.8 Å². The van der Waals surface area contributed by atoms with E-state index in [1.165, 1.54) is 12.0 Å². The van der Waals surface area contributed by atoms with Crippen LogP contribution >= 0.6 is 27.3 Å². The van der Waals surface area contributed by atoms with Gasteiger partial charge in [0.2, 0.25) is 0 Å². The number of aryl methyl sites for hydroxylation is 1. The molecule has 0 atom stereocenters. The third-order valence-electron chi connectivity index (χ3n) is 2.44. The van der Waals surface area contributed by atoms with Crippen LogP contribution in [0.1, 0.15) is 24.6 Å². The minimum Gasteiger partial charge on any atom is -0.442 e. The highest BCUT2D eigenvalue weighted by Gasteiger charge is 2.13. The van der Waals surface area contributed by atoms with Crippen LogP contribution in [-0.2, 0) is 6.54 Å². The van der Waals surface area contributed by atoms with E-state index in [4.69, 9.17) is 4.42 Å². The van der Waals surface area contributed by atoms with E-state index in [1.807, 2.05) is 0 Å². The molecule has 0 aromatic carbocycles. The second-order valence-corrected chi connectivity index (χ2v) is 6.24. The van der Waals surface area contributed by atoms with Crippen molar-refractivity contribution in [3.8, 4) is 10.6 Å². The Hall–Kier alpha value is -0.650. The molecule has 0 spiro atoms. The van der Waals surface area contributed by atoms with E-state index in [9.17, 15) is 0 Å². The Morgan fingerprint density at radius 1 is 1.53 bits per heavy atom. The Bertz CT molecular complexity index is 473. The number of nitrogens with one attached hydrogen (secondary N) is 1. The van der Waals surface area contributed by atoms with E-state index in [0.717, 1.165) is 39.6 Å².